The van der Waals surface area contributed by atoms with Gasteiger partial charge in [-0.2, -0.15) is 0 Å². The van der Waals surface area contributed by atoms with Crippen LogP contribution in [0.2, 0.25) is 0 Å². The van der Waals surface area contributed by atoms with Crippen molar-refractivity contribution in [3.8, 4) is 5.75 Å². The summed E-state index contributed by atoms with van der Waals surface area (Å²) < 4.78 is 5.33. The van der Waals surface area contributed by atoms with Crippen LogP contribution in [0.25, 0.3) is 0 Å². The summed E-state index contributed by atoms with van der Waals surface area (Å²) in [6, 6.07) is 8.86. The molecular formula is C19H29N3OS. The third-order valence-electron chi connectivity index (χ3n) is 5.41. The van der Waals surface area contributed by atoms with Crippen LogP contribution < -0.4 is 15.0 Å². The van der Waals surface area contributed by atoms with Gasteiger partial charge in [-0.25, -0.2) is 0 Å². The van der Waals surface area contributed by atoms with Gasteiger partial charge in [0.25, 0.3) is 0 Å². The molecule has 0 aromatic heterocycles. The zero-order chi connectivity index (χ0) is 16.9. The van der Waals surface area contributed by atoms with Crippen LogP contribution in [-0.4, -0.2) is 49.3 Å². The maximum atomic E-state index is 5.68. The SMILES string of the molecule is COc1cccc(N2CCN(C(=S)N[C@@H]3CCCC[C@@H]3C)CC2)c1. The monoisotopic (exact) mass is 347 g/mol. The zero-order valence-electron chi connectivity index (χ0n) is 14.8. The van der Waals surface area contributed by atoms with E-state index < -0.39 is 0 Å². The lowest BCUT2D eigenvalue weighted by Gasteiger charge is -2.39. The maximum absolute atomic E-state index is 5.68. The molecule has 5 heteroatoms. The second-order valence-electron chi connectivity index (χ2n) is 6.99. The van der Waals surface area contributed by atoms with Crippen LogP contribution in [0.1, 0.15) is 32.6 Å². The molecule has 1 aliphatic carbocycles. The van der Waals surface area contributed by atoms with Gasteiger partial charge in [0.1, 0.15) is 5.75 Å². The summed E-state index contributed by atoms with van der Waals surface area (Å²) in [6.45, 7) is 6.29. The zero-order valence-corrected chi connectivity index (χ0v) is 15.6. The van der Waals surface area contributed by atoms with Crippen LogP contribution in [-0.2, 0) is 0 Å². The summed E-state index contributed by atoms with van der Waals surface area (Å²) in [6.07, 6.45) is 5.27. The first-order valence-corrected chi connectivity index (χ1v) is 9.52. The van der Waals surface area contributed by atoms with E-state index in [4.69, 9.17) is 17.0 Å². The fourth-order valence-electron chi connectivity index (χ4n) is 3.76. The number of rotatable bonds is 3. The largest absolute Gasteiger partial charge is 0.497 e. The van der Waals surface area contributed by atoms with E-state index in [2.05, 4.69) is 40.2 Å². The summed E-state index contributed by atoms with van der Waals surface area (Å²) in [5.74, 6) is 1.65. The lowest BCUT2D eigenvalue weighted by molar-refractivity contribution is 0.293. The van der Waals surface area contributed by atoms with Gasteiger partial charge in [-0.3, -0.25) is 0 Å². The minimum absolute atomic E-state index is 0.558. The Bertz CT molecular complexity index is 557. The average Bonchev–Trinajstić information content (AvgIpc) is 2.64. The third-order valence-corrected chi connectivity index (χ3v) is 5.78. The third kappa shape index (κ3) is 4.12. The Morgan fingerprint density at radius 1 is 1.17 bits per heavy atom. The molecule has 0 amide bonds. The maximum Gasteiger partial charge on any atom is 0.169 e. The molecule has 2 fully saturated rings. The summed E-state index contributed by atoms with van der Waals surface area (Å²) in [4.78, 5) is 4.73. The molecule has 0 spiro atoms. The molecule has 1 aromatic rings. The van der Waals surface area contributed by atoms with Gasteiger partial charge in [0.15, 0.2) is 5.11 Å². The van der Waals surface area contributed by atoms with Crippen LogP contribution in [0, 0.1) is 5.92 Å². The van der Waals surface area contributed by atoms with Crippen molar-refractivity contribution < 1.29 is 4.74 Å². The number of anilines is 1. The van der Waals surface area contributed by atoms with Crippen molar-refractivity contribution in [2.75, 3.05) is 38.2 Å². The number of methoxy groups -OCH3 is 1. The fraction of sp³-hybridized carbons (Fsp3) is 0.632. The Morgan fingerprint density at radius 2 is 1.92 bits per heavy atom. The number of ether oxygens (including phenoxy) is 1. The summed E-state index contributed by atoms with van der Waals surface area (Å²) in [7, 11) is 1.72. The van der Waals surface area contributed by atoms with E-state index in [9.17, 15) is 0 Å². The topological polar surface area (TPSA) is 27.7 Å². The van der Waals surface area contributed by atoms with Gasteiger partial charge in [0, 0.05) is 44.0 Å². The van der Waals surface area contributed by atoms with Crippen molar-refractivity contribution in [3.63, 3.8) is 0 Å². The van der Waals surface area contributed by atoms with Crippen molar-refractivity contribution in [3.05, 3.63) is 24.3 Å². The van der Waals surface area contributed by atoms with E-state index in [-0.39, 0.29) is 0 Å². The van der Waals surface area contributed by atoms with E-state index in [1.54, 1.807) is 7.11 Å². The molecule has 0 radical (unpaired) electrons. The van der Waals surface area contributed by atoms with Gasteiger partial charge >= 0.3 is 0 Å². The molecule has 1 saturated heterocycles. The summed E-state index contributed by atoms with van der Waals surface area (Å²) in [5, 5.41) is 4.57. The summed E-state index contributed by atoms with van der Waals surface area (Å²) in [5.41, 5.74) is 1.23. The van der Waals surface area contributed by atoms with Crippen molar-refractivity contribution >= 4 is 23.0 Å². The van der Waals surface area contributed by atoms with Gasteiger partial charge in [-0.1, -0.05) is 25.8 Å². The van der Waals surface area contributed by atoms with Gasteiger partial charge in [-0.05, 0) is 43.1 Å². The van der Waals surface area contributed by atoms with Crippen molar-refractivity contribution in [1.82, 2.24) is 10.2 Å². The molecule has 0 unspecified atom stereocenters. The number of piperazine rings is 1. The Labute approximate surface area is 151 Å². The Balaban J connectivity index is 1.51. The number of benzene rings is 1. The van der Waals surface area contributed by atoms with Gasteiger partial charge < -0.3 is 19.9 Å². The molecule has 2 atom stereocenters. The number of hydrogen-bond acceptors (Lipinski definition) is 3. The van der Waals surface area contributed by atoms with Crippen LogP contribution in [0.3, 0.4) is 0 Å². The van der Waals surface area contributed by atoms with Crippen LogP contribution in [0.15, 0.2) is 24.3 Å². The van der Waals surface area contributed by atoms with Crippen LogP contribution in [0.4, 0.5) is 5.69 Å². The molecule has 4 nitrogen and oxygen atoms in total. The van der Waals surface area contributed by atoms with Gasteiger partial charge in [0.2, 0.25) is 0 Å². The highest BCUT2D eigenvalue weighted by molar-refractivity contribution is 7.80. The first-order valence-electron chi connectivity index (χ1n) is 9.12. The molecule has 0 bridgehead atoms. The smallest absolute Gasteiger partial charge is 0.169 e. The quantitative estimate of drug-likeness (QED) is 0.847. The lowest BCUT2D eigenvalue weighted by Crippen LogP contribution is -2.54. The number of nitrogens with zero attached hydrogens (tertiary/aromatic N) is 2. The molecule has 1 saturated carbocycles. The molecule has 1 aliphatic heterocycles. The summed E-state index contributed by atoms with van der Waals surface area (Å²) >= 11 is 5.68. The molecule has 3 rings (SSSR count). The number of nitrogens with one attached hydrogen (secondary N) is 1. The lowest BCUT2D eigenvalue weighted by atomic mass is 9.86. The van der Waals surface area contributed by atoms with Crippen molar-refractivity contribution in [1.29, 1.82) is 0 Å². The average molecular weight is 348 g/mol. The molecule has 1 N–H and O–H groups in total. The van der Waals surface area contributed by atoms with Gasteiger partial charge in [0.05, 0.1) is 7.11 Å². The molecule has 1 aromatic carbocycles. The van der Waals surface area contributed by atoms with E-state index in [1.807, 2.05) is 6.07 Å². The first-order chi connectivity index (χ1) is 11.7. The molecular weight excluding hydrogens is 318 g/mol. The second kappa shape index (κ2) is 8.06. The number of hydrogen-bond donors (Lipinski definition) is 1. The minimum Gasteiger partial charge on any atom is -0.497 e. The standard InChI is InChI=1S/C19H29N3OS/c1-15-6-3-4-9-18(15)20-19(24)22-12-10-21(11-13-22)16-7-5-8-17(14-16)23-2/h5,7-8,14-15,18H,3-4,6,9-13H2,1-2H3,(H,20,24)/t15-,18+/m0/s1. The highest BCUT2D eigenvalue weighted by atomic mass is 32.1. The van der Waals surface area contributed by atoms with E-state index in [0.717, 1.165) is 43.0 Å². The second-order valence-corrected chi connectivity index (χ2v) is 7.38. The Hall–Kier alpha value is -1.49. The molecule has 24 heavy (non-hydrogen) atoms. The minimum atomic E-state index is 0.558. The highest BCUT2D eigenvalue weighted by Gasteiger charge is 2.25. The number of thiocarbonyl (C=S) groups is 1. The predicted molar refractivity (Wildman–Crippen MR) is 104 cm³/mol. The predicted octanol–water partition coefficient (Wildman–Crippen LogP) is 3.27. The molecule has 2 aliphatic rings. The molecule has 132 valence electrons. The van der Waals surface area contributed by atoms with E-state index in [0.29, 0.717) is 6.04 Å². The van der Waals surface area contributed by atoms with Crippen molar-refractivity contribution in [2.24, 2.45) is 5.92 Å². The normalized spacial score (nSPS) is 24.6. The highest BCUT2D eigenvalue weighted by Crippen LogP contribution is 2.25. The van der Waals surface area contributed by atoms with Crippen LogP contribution in [0.5, 0.6) is 5.75 Å². The molecule has 1 heterocycles. The van der Waals surface area contributed by atoms with E-state index >= 15 is 0 Å². The Morgan fingerprint density at radius 3 is 2.62 bits per heavy atom. The first kappa shape index (κ1) is 17.3. The van der Waals surface area contributed by atoms with Gasteiger partial charge in [-0.15, -0.1) is 0 Å². The van der Waals surface area contributed by atoms with E-state index in [1.165, 1.54) is 31.4 Å². The van der Waals surface area contributed by atoms with Crippen molar-refractivity contribution in [2.45, 2.75) is 38.6 Å². The fourth-order valence-corrected chi connectivity index (χ4v) is 4.09. The Kier molecular flexibility index (Phi) is 5.82. The van der Waals surface area contributed by atoms with Crippen LogP contribution >= 0.6 is 12.2 Å².